The van der Waals surface area contributed by atoms with E-state index in [-0.39, 0.29) is 0 Å². The van der Waals surface area contributed by atoms with Crippen LogP contribution in [0.1, 0.15) is 17.5 Å². The number of benzene rings is 1. The third-order valence-corrected chi connectivity index (χ3v) is 2.21. The minimum atomic E-state index is 0.486. The molecule has 0 fully saturated rings. The molecular weight excluding hydrogens is 164 g/mol. The van der Waals surface area contributed by atoms with Gasteiger partial charge in [-0.1, -0.05) is 24.3 Å². The van der Waals surface area contributed by atoms with Crippen molar-refractivity contribution in [2.75, 3.05) is 0 Å². The van der Waals surface area contributed by atoms with Crippen LogP contribution < -0.4 is 0 Å². The van der Waals surface area contributed by atoms with Crippen LogP contribution >= 0.6 is 0 Å². The second-order valence-corrected chi connectivity index (χ2v) is 3.02. The van der Waals surface area contributed by atoms with E-state index in [1.807, 2.05) is 24.3 Å². The van der Waals surface area contributed by atoms with Crippen LogP contribution in [0.2, 0.25) is 0 Å². The van der Waals surface area contributed by atoms with Gasteiger partial charge in [0.15, 0.2) is 0 Å². The van der Waals surface area contributed by atoms with Gasteiger partial charge in [-0.25, -0.2) is 0 Å². The zero-order valence-corrected chi connectivity index (χ0v) is 7.19. The van der Waals surface area contributed by atoms with Crippen LogP contribution in [0, 0.1) is 0 Å². The molecule has 0 unspecified atom stereocenters. The van der Waals surface area contributed by atoms with Crippen molar-refractivity contribution in [3.05, 3.63) is 41.2 Å². The summed E-state index contributed by atoms with van der Waals surface area (Å²) < 4.78 is 4.82. The van der Waals surface area contributed by atoms with Gasteiger partial charge in [0.05, 0.1) is 0 Å². The number of carbonyl (C=O) groups is 1. The molecule has 0 saturated heterocycles. The Bertz CT molecular complexity index is 353. The van der Waals surface area contributed by atoms with Crippen LogP contribution in [-0.4, -0.2) is 6.47 Å². The van der Waals surface area contributed by atoms with Crippen molar-refractivity contribution < 1.29 is 9.53 Å². The first kappa shape index (κ1) is 8.05. The first-order valence-electron chi connectivity index (χ1n) is 4.29. The molecule has 13 heavy (non-hydrogen) atoms. The van der Waals surface area contributed by atoms with E-state index >= 15 is 0 Å². The summed E-state index contributed by atoms with van der Waals surface area (Å²) in [6, 6.07) is 8.14. The predicted octanol–water partition coefficient (Wildman–Crippen LogP) is 2.15. The normalized spacial score (nSPS) is 14.3. The van der Waals surface area contributed by atoms with E-state index in [0.29, 0.717) is 6.47 Å². The fraction of sp³-hybridized carbons (Fsp3) is 0.182. The van der Waals surface area contributed by atoms with E-state index in [1.54, 1.807) is 0 Å². The summed E-state index contributed by atoms with van der Waals surface area (Å²) in [6.45, 7) is 0.486. The number of aryl methyl sites for hydroxylation is 1. The van der Waals surface area contributed by atoms with E-state index in [9.17, 15) is 4.79 Å². The molecule has 0 aromatic heterocycles. The van der Waals surface area contributed by atoms with E-state index < -0.39 is 0 Å². The highest BCUT2D eigenvalue weighted by Crippen LogP contribution is 2.23. The molecule has 1 aromatic rings. The van der Waals surface area contributed by atoms with Crippen LogP contribution in [0.4, 0.5) is 0 Å². The molecule has 0 radical (unpaired) electrons. The lowest BCUT2D eigenvalue weighted by Gasteiger charge is -2.13. The SMILES string of the molecule is O=COC1=Cc2ccccc2CC1. The highest BCUT2D eigenvalue weighted by atomic mass is 16.5. The lowest BCUT2D eigenvalue weighted by Crippen LogP contribution is -2.01. The number of fused-ring (bicyclic) bond motifs is 1. The third-order valence-electron chi connectivity index (χ3n) is 2.21. The largest absolute Gasteiger partial charge is 0.433 e. The van der Waals surface area contributed by atoms with Gasteiger partial charge < -0.3 is 4.74 Å². The van der Waals surface area contributed by atoms with Gasteiger partial charge in [-0.3, -0.25) is 4.79 Å². The highest BCUT2D eigenvalue weighted by Gasteiger charge is 2.09. The number of hydrogen-bond acceptors (Lipinski definition) is 2. The molecule has 2 nitrogen and oxygen atoms in total. The molecule has 0 heterocycles. The third kappa shape index (κ3) is 1.61. The molecule has 0 spiro atoms. The van der Waals surface area contributed by atoms with Crippen LogP contribution in [0.5, 0.6) is 0 Å². The van der Waals surface area contributed by atoms with Gasteiger partial charge in [0, 0.05) is 6.42 Å². The molecule has 1 aromatic carbocycles. The van der Waals surface area contributed by atoms with Gasteiger partial charge in [0.1, 0.15) is 5.76 Å². The lowest BCUT2D eigenvalue weighted by atomic mass is 9.96. The van der Waals surface area contributed by atoms with Crippen LogP contribution in [0.3, 0.4) is 0 Å². The quantitative estimate of drug-likeness (QED) is 0.642. The van der Waals surface area contributed by atoms with Gasteiger partial charge in [0.2, 0.25) is 0 Å². The number of allylic oxidation sites excluding steroid dienone is 1. The molecule has 0 amide bonds. The minimum absolute atomic E-state index is 0.486. The first-order valence-corrected chi connectivity index (χ1v) is 4.29. The Morgan fingerprint density at radius 3 is 2.92 bits per heavy atom. The molecule has 0 N–H and O–H groups in total. The van der Waals surface area contributed by atoms with Gasteiger partial charge >= 0.3 is 0 Å². The average molecular weight is 174 g/mol. The molecule has 0 aliphatic heterocycles. The maximum atomic E-state index is 10.1. The van der Waals surface area contributed by atoms with Crippen LogP contribution in [-0.2, 0) is 16.0 Å². The van der Waals surface area contributed by atoms with Crippen molar-refractivity contribution in [2.24, 2.45) is 0 Å². The molecule has 0 bridgehead atoms. The Labute approximate surface area is 76.8 Å². The molecule has 2 heteroatoms. The van der Waals surface area contributed by atoms with Crippen LogP contribution in [0.15, 0.2) is 30.0 Å². The van der Waals surface area contributed by atoms with Crippen molar-refractivity contribution in [3.63, 3.8) is 0 Å². The minimum Gasteiger partial charge on any atom is -0.433 e. The Morgan fingerprint density at radius 1 is 1.23 bits per heavy atom. The molecule has 0 atom stereocenters. The van der Waals surface area contributed by atoms with E-state index in [1.165, 1.54) is 5.56 Å². The molecular formula is C11H10O2. The zero-order valence-electron chi connectivity index (χ0n) is 7.19. The van der Waals surface area contributed by atoms with Crippen LogP contribution in [0.25, 0.3) is 6.08 Å². The summed E-state index contributed by atoms with van der Waals surface area (Å²) in [7, 11) is 0. The van der Waals surface area contributed by atoms with Crippen molar-refractivity contribution >= 4 is 12.5 Å². The summed E-state index contributed by atoms with van der Waals surface area (Å²) in [5.41, 5.74) is 2.48. The maximum absolute atomic E-state index is 10.1. The first-order chi connectivity index (χ1) is 6.40. The summed E-state index contributed by atoms with van der Waals surface area (Å²) in [6.07, 6.45) is 3.69. The van der Waals surface area contributed by atoms with Gasteiger partial charge in [-0.15, -0.1) is 0 Å². The molecule has 1 aliphatic carbocycles. The number of rotatable bonds is 2. The molecule has 0 saturated carbocycles. The van der Waals surface area contributed by atoms with Crippen molar-refractivity contribution in [1.82, 2.24) is 0 Å². The Balaban J connectivity index is 2.32. The van der Waals surface area contributed by atoms with Crippen molar-refractivity contribution in [2.45, 2.75) is 12.8 Å². The van der Waals surface area contributed by atoms with E-state index in [0.717, 1.165) is 24.2 Å². The average Bonchev–Trinajstić information content (AvgIpc) is 2.18. The second kappa shape index (κ2) is 3.44. The number of hydrogen-bond donors (Lipinski definition) is 0. The van der Waals surface area contributed by atoms with E-state index in [2.05, 4.69) is 6.07 Å². The highest BCUT2D eigenvalue weighted by molar-refractivity contribution is 5.59. The molecule has 2 rings (SSSR count). The summed E-state index contributed by atoms with van der Waals surface area (Å²) >= 11 is 0. The smallest absolute Gasteiger partial charge is 0.298 e. The van der Waals surface area contributed by atoms with Gasteiger partial charge in [-0.05, 0) is 23.6 Å². The van der Waals surface area contributed by atoms with E-state index in [4.69, 9.17) is 4.74 Å². The predicted molar refractivity (Wildman–Crippen MR) is 49.9 cm³/mol. The van der Waals surface area contributed by atoms with Gasteiger partial charge in [0.25, 0.3) is 6.47 Å². The second-order valence-electron chi connectivity index (χ2n) is 3.02. The fourth-order valence-electron chi connectivity index (χ4n) is 1.56. The molecule has 1 aliphatic rings. The summed E-state index contributed by atoms with van der Waals surface area (Å²) in [5.74, 6) is 0.758. The summed E-state index contributed by atoms with van der Waals surface area (Å²) in [5, 5.41) is 0. The Morgan fingerprint density at radius 2 is 2.08 bits per heavy atom. The van der Waals surface area contributed by atoms with Crippen molar-refractivity contribution in [3.8, 4) is 0 Å². The molecule has 66 valence electrons. The fourth-order valence-corrected chi connectivity index (χ4v) is 1.56. The summed E-state index contributed by atoms with van der Waals surface area (Å²) in [4.78, 5) is 10.1. The zero-order chi connectivity index (χ0) is 9.10. The maximum Gasteiger partial charge on any atom is 0.298 e. The standard InChI is InChI=1S/C11H10O2/c12-8-13-11-6-5-9-3-1-2-4-10(9)7-11/h1-4,7-8H,5-6H2. The number of carbonyl (C=O) groups excluding carboxylic acids is 1. The lowest BCUT2D eigenvalue weighted by molar-refractivity contribution is -0.125. The number of ether oxygens (including phenoxy) is 1. The Kier molecular flexibility index (Phi) is 2.13. The van der Waals surface area contributed by atoms with Gasteiger partial charge in [-0.2, -0.15) is 0 Å². The topological polar surface area (TPSA) is 26.3 Å². The Hall–Kier alpha value is -1.57. The monoisotopic (exact) mass is 174 g/mol. The van der Waals surface area contributed by atoms with Crippen molar-refractivity contribution in [1.29, 1.82) is 0 Å².